The number of hydroxylamine groups is 1. The average Bonchev–Trinajstić information content (AvgIpc) is 3.52. The highest BCUT2D eigenvalue weighted by molar-refractivity contribution is 7.99. The van der Waals surface area contributed by atoms with Gasteiger partial charge in [-0.25, -0.2) is 5.48 Å². The molecule has 44 heavy (non-hydrogen) atoms. The first-order valence-corrected chi connectivity index (χ1v) is 14.9. The number of phenols is 1. The Morgan fingerprint density at radius 2 is 1.75 bits per heavy atom. The Balaban J connectivity index is 1.30. The molecule has 3 atom stereocenters. The van der Waals surface area contributed by atoms with Crippen molar-refractivity contribution in [1.82, 2.24) is 25.7 Å². The van der Waals surface area contributed by atoms with Gasteiger partial charge >= 0.3 is 0 Å². The number of thioether (sulfide) groups is 1. The number of anilines is 1. The highest BCUT2D eigenvalue weighted by atomic mass is 32.2. The van der Waals surface area contributed by atoms with Crippen LogP contribution in [0.4, 0.5) is 5.69 Å². The summed E-state index contributed by atoms with van der Waals surface area (Å²) in [6.07, 6.45) is -0.314. The molecule has 0 bridgehead atoms. The Morgan fingerprint density at radius 1 is 0.977 bits per heavy atom. The fourth-order valence-corrected chi connectivity index (χ4v) is 5.58. The number of hydrogen-bond donors (Lipinski definition) is 5. The lowest BCUT2D eigenvalue weighted by atomic mass is 10.0. The number of carbonyl (C=O) groups is 2. The number of benzene rings is 3. The van der Waals surface area contributed by atoms with Gasteiger partial charge in [0.15, 0.2) is 6.29 Å². The molecule has 14 heteroatoms. The standard InChI is InChI=1S/C30H32N6O7S/c37-17-19-7-9-20(10-8-19)26-16-25(18-44-30-32-34-35-36(30)23-11-13-24(38)14-12-23)42-29(43-26)21-3-1-4-22(15-21)31-27(39)5-2-6-28(40)33-41/h1,3-4,7-15,25-26,29,37-38,41H,2,5-6,16-18H2,(H,31,39)(H,33,40)/t25-,26+,29+/m0/s1. The molecule has 4 aromatic rings. The minimum Gasteiger partial charge on any atom is -0.508 e. The molecule has 1 fully saturated rings. The summed E-state index contributed by atoms with van der Waals surface area (Å²) in [5.41, 5.74) is 5.27. The minimum absolute atomic E-state index is 0.0368. The number of tetrazole rings is 1. The van der Waals surface area contributed by atoms with Gasteiger partial charge in [0.1, 0.15) is 5.75 Å². The molecule has 5 rings (SSSR count). The van der Waals surface area contributed by atoms with Crippen molar-refractivity contribution >= 4 is 29.3 Å². The normalized spacial score (nSPS) is 18.1. The van der Waals surface area contributed by atoms with E-state index in [4.69, 9.17) is 14.7 Å². The third-order valence-electron chi connectivity index (χ3n) is 6.92. The van der Waals surface area contributed by atoms with E-state index >= 15 is 0 Å². The van der Waals surface area contributed by atoms with E-state index in [0.29, 0.717) is 40.7 Å². The second-order valence-corrected chi connectivity index (χ2v) is 11.1. The topological polar surface area (TPSA) is 181 Å². The van der Waals surface area contributed by atoms with Gasteiger partial charge in [0.2, 0.25) is 17.0 Å². The van der Waals surface area contributed by atoms with Crippen LogP contribution < -0.4 is 10.8 Å². The van der Waals surface area contributed by atoms with Crippen molar-refractivity contribution in [2.75, 3.05) is 11.1 Å². The number of amides is 2. The van der Waals surface area contributed by atoms with Crippen LogP contribution in [0.1, 0.15) is 54.8 Å². The second-order valence-electron chi connectivity index (χ2n) is 10.1. The molecule has 0 radical (unpaired) electrons. The minimum atomic E-state index is -0.741. The van der Waals surface area contributed by atoms with Gasteiger partial charge in [0.05, 0.1) is 24.5 Å². The number of aliphatic hydroxyl groups is 1. The smallest absolute Gasteiger partial charge is 0.243 e. The summed E-state index contributed by atoms with van der Waals surface area (Å²) in [7, 11) is 0. The van der Waals surface area contributed by atoms with Gasteiger partial charge in [-0.15, -0.1) is 5.10 Å². The molecule has 0 aliphatic carbocycles. The maximum atomic E-state index is 12.4. The maximum absolute atomic E-state index is 12.4. The average molecular weight is 621 g/mol. The van der Waals surface area contributed by atoms with Gasteiger partial charge in [-0.2, -0.15) is 4.68 Å². The summed E-state index contributed by atoms with van der Waals surface area (Å²) in [6.45, 7) is -0.0559. The van der Waals surface area contributed by atoms with Gasteiger partial charge in [0.25, 0.3) is 0 Å². The molecule has 1 aliphatic heterocycles. The fraction of sp³-hybridized carbons (Fsp3) is 0.300. The predicted molar refractivity (Wildman–Crippen MR) is 159 cm³/mol. The monoisotopic (exact) mass is 620 g/mol. The van der Waals surface area contributed by atoms with Gasteiger partial charge < -0.3 is 25.0 Å². The van der Waals surface area contributed by atoms with Crippen LogP contribution in [0.3, 0.4) is 0 Å². The van der Waals surface area contributed by atoms with Gasteiger partial charge in [0, 0.05) is 36.3 Å². The molecule has 1 aromatic heterocycles. The van der Waals surface area contributed by atoms with Crippen LogP contribution in [0.2, 0.25) is 0 Å². The maximum Gasteiger partial charge on any atom is 0.243 e. The zero-order valence-corrected chi connectivity index (χ0v) is 24.4. The van der Waals surface area contributed by atoms with E-state index in [-0.39, 0.29) is 43.3 Å². The van der Waals surface area contributed by atoms with E-state index in [2.05, 4.69) is 20.8 Å². The number of aliphatic hydroxyl groups excluding tert-OH is 1. The number of carbonyl (C=O) groups excluding carboxylic acids is 2. The number of hydrogen-bond acceptors (Lipinski definition) is 11. The Morgan fingerprint density at radius 3 is 2.50 bits per heavy atom. The quantitative estimate of drug-likeness (QED) is 0.0883. The molecule has 1 aliphatic rings. The van der Waals surface area contributed by atoms with E-state index in [1.807, 2.05) is 30.3 Å². The van der Waals surface area contributed by atoms with Crippen molar-refractivity contribution in [1.29, 1.82) is 0 Å². The lowest BCUT2D eigenvalue weighted by Gasteiger charge is -2.36. The lowest BCUT2D eigenvalue weighted by Crippen LogP contribution is -2.31. The lowest BCUT2D eigenvalue weighted by molar-refractivity contribution is -0.245. The molecule has 230 valence electrons. The predicted octanol–water partition coefficient (Wildman–Crippen LogP) is 3.81. The summed E-state index contributed by atoms with van der Waals surface area (Å²) in [5.74, 6) is -0.148. The summed E-state index contributed by atoms with van der Waals surface area (Å²) in [5, 5.41) is 43.2. The fourth-order valence-electron chi connectivity index (χ4n) is 4.67. The summed E-state index contributed by atoms with van der Waals surface area (Å²) >= 11 is 1.43. The molecule has 1 saturated heterocycles. The summed E-state index contributed by atoms with van der Waals surface area (Å²) < 4.78 is 14.4. The van der Waals surface area contributed by atoms with Crippen molar-refractivity contribution < 1.29 is 34.5 Å². The van der Waals surface area contributed by atoms with E-state index in [0.717, 1.165) is 11.1 Å². The number of rotatable bonds is 12. The number of ether oxygens (including phenoxy) is 2. The second kappa shape index (κ2) is 14.9. The van der Waals surface area contributed by atoms with Crippen LogP contribution >= 0.6 is 11.8 Å². The van der Waals surface area contributed by atoms with E-state index < -0.39 is 12.2 Å². The molecule has 0 saturated carbocycles. The van der Waals surface area contributed by atoms with E-state index in [1.54, 1.807) is 52.6 Å². The molecular formula is C30H32N6O7S. The van der Waals surface area contributed by atoms with Gasteiger partial charge in [-0.3, -0.25) is 14.8 Å². The van der Waals surface area contributed by atoms with Crippen LogP contribution in [0.5, 0.6) is 5.75 Å². The first kappa shape index (κ1) is 31.1. The van der Waals surface area contributed by atoms with Crippen LogP contribution in [-0.4, -0.2) is 59.3 Å². The molecular weight excluding hydrogens is 588 g/mol. The zero-order valence-electron chi connectivity index (χ0n) is 23.6. The molecule has 0 unspecified atom stereocenters. The van der Waals surface area contributed by atoms with Crippen LogP contribution in [-0.2, 0) is 25.7 Å². The zero-order chi connectivity index (χ0) is 30.9. The van der Waals surface area contributed by atoms with E-state index in [9.17, 15) is 19.8 Å². The third-order valence-corrected chi connectivity index (χ3v) is 7.97. The summed E-state index contributed by atoms with van der Waals surface area (Å²) in [6, 6.07) is 21.4. The Bertz CT molecular complexity index is 1550. The Kier molecular flexibility index (Phi) is 10.5. The first-order valence-electron chi connectivity index (χ1n) is 14.0. The number of nitrogens with zero attached hydrogens (tertiary/aromatic N) is 4. The number of nitrogens with one attached hydrogen (secondary N) is 2. The van der Waals surface area contributed by atoms with Crippen LogP contribution in [0, 0.1) is 0 Å². The van der Waals surface area contributed by atoms with Crippen molar-refractivity contribution in [3.05, 3.63) is 89.5 Å². The SMILES string of the molecule is O=C(CCCC(=O)Nc1cccc([C@@H]2O[C@H](CSc3nnnn3-c3ccc(O)cc3)C[C@H](c3ccc(CO)cc3)O2)c1)NO. The highest BCUT2D eigenvalue weighted by Crippen LogP contribution is 2.40. The Hall–Kier alpha value is -4.34. The number of phenolic OH excluding ortho intramolecular Hbond substituents is 1. The molecule has 2 heterocycles. The van der Waals surface area contributed by atoms with Gasteiger partial charge in [-0.1, -0.05) is 48.2 Å². The van der Waals surface area contributed by atoms with E-state index in [1.165, 1.54) is 11.8 Å². The number of aromatic nitrogens is 4. The van der Waals surface area contributed by atoms with Crippen molar-refractivity contribution in [3.63, 3.8) is 0 Å². The van der Waals surface area contributed by atoms with Gasteiger partial charge in [-0.05, 0) is 64.4 Å². The van der Waals surface area contributed by atoms with Crippen molar-refractivity contribution in [2.45, 2.75) is 55.9 Å². The summed E-state index contributed by atoms with van der Waals surface area (Å²) in [4.78, 5) is 23.6. The molecule has 2 amide bonds. The Labute approximate surface area is 257 Å². The molecule has 5 N–H and O–H groups in total. The van der Waals surface area contributed by atoms with Crippen LogP contribution in [0.15, 0.2) is 78.0 Å². The molecule has 0 spiro atoms. The largest absolute Gasteiger partial charge is 0.508 e. The first-order chi connectivity index (χ1) is 21.4. The molecule has 3 aromatic carbocycles. The number of aromatic hydroxyl groups is 1. The van der Waals surface area contributed by atoms with Crippen molar-refractivity contribution in [3.8, 4) is 11.4 Å². The highest BCUT2D eigenvalue weighted by Gasteiger charge is 2.33. The van der Waals surface area contributed by atoms with Crippen molar-refractivity contribution in [2.24, 2.45) is 0 Å². The molecule has 13 nitrogen and oxygen atoms in total. The van der Waals surface area contributed by atoms with Crippen LogP contribution in [0.25, 0.3) is 5.69 Å². The third kappa shape index (κ3) is 8.18.